The van der Waals surface area contributed by atoms with Gasteiger partial charge in [-0.25, -0.2) is 9.97 Å². The van der Waals surface area contributed by atoms with E-state index in [0.717, 1.165) is 44.8 Å². The predicted octanol–water partition coefficient (Wildman–Crippen LogP) is 8.78. The lowest BCUT2D eigenvalue weighted by Crippen LogP contribution is -2.29. The molecule has 0 aliphatic carbocycles. The van der Waals surface area contributed by atoms with Gasteiger partial charge in [0.25, 0.3) is 0 Å². The molecule has 0 bridgehead atoms. The first-order chi connectivity index (χ1) is 21.7. The largest absolute Gasteiger partial charge is 0.305 e. The average Bonchev–Trinajstić information content (AvgIpc) is 3.12. The Balaban J connectivity index is 1.47. The molecular formula is C40H29N2OP. The molecule has 0 radical (unpaired) electrons. The molecule has 6 aromatic carbocycles. The van der Waals surface area contributed by atoms with Gasteiger partial charge in [0.15, 0.2) is 5.57 Å². The fourth-order valence-electron chi connectivity index (χ4n) is 5.50. The zero-order valence-electron chi connectivity index (χ0n) is 24.0. The number of hydrogen-bond acceptors (Lipinski definition) is 3. The summed E-state index contributed by atoms with van der Waals surface area (Å²) in [6, 6.07) is 58.5. The van der Waals surface area contributed by atoms with Gasteiger partial charge in [0, 0.05) is 21.7 Å². The zero-order valence-corrected chi connectivity index (χ0v) is 24.9. The molecule has 0 fully saturated rings. The highest BCUT2D eigenvalue weighted by atomic mass is 31.2. The Morgan fingerprint density at radius 2 is 0.682 bits per heavy atom. The van der Waals surface area contributed by atoms with Crippen molar-refractivity contribution in [2.45, 2.75) is 0 Å². The van der Waals surface area contributed by atoms with E-state index in [-0.39, 0.29) is 0 Å². The Bertz CT molecular complexity index is 1940. The molecular weight excluding hydrogens is 555 g/mol. The first-order valence-corrected chi connectivity index (χ1v) is 16.3. The molecule has 7 rings (SSSR count). The van der Waals surface area contributed by atoms with E-state index in [4.69, 9.17) is 9.97 Å². The summed E-state index contributed by atoms with van der Waals surface area (Å²) in [4.78, 5) is 10.2. The van der Waals surface area contributed by atoms with Gasteiger partial charge in [0.05, 0.1) is 11.4 Å². The summed E-state index contributed by atoms with van der Waals surface area (Å²) >= 11 is 0. The minimum atomic E-state index is -3.43. The van der Waals surface area contributed by atoms with Gasteiger partial charge >= 0.3 is 0 Å². The Kier molecular flexibility index (Phi) is 7.54. The van der Waals surface area contributed by atoms with Gasteiger partial charge in [-0.1, -0.05) is 158 Å². The van der Waals surface area contributed by atoms with Crippen LogP contribution in [0.25, 0.3) is 44.8 Å². The van der Waals surface area contributed by atoms with Crippen molar-refractivity contribution in [1.29, 1.82) is 0 Å². The minimum Gasteiger partial charge on any atom is -0.305 e. The zero-order chi connectivity index (χ0) is 29.8. The minimum absolute atomic E-state index is 0.317. The van der Waals surface area contributed by atoms with Crippen LogP contribution < -0.4 is 16.2 Å². The van der Waals surface area contributed by atoms with Crippen LogP contribution in [0.15, 0.2) is 176 Å². The Morgan fingerprint density at radius 3 is 1.09 bits per heavy atom. The summed E-state index contributed by atoms with van der Waals surface area (Å²) in [5.74, 6) is 0. The molecule has 1 heterocycles. The van der Waals surface area contributed by atoms with Crippen molar-refractivity contribution < 1.29 is 4.57 Å². The smallest absolute Gasteiger partial charge is 0.206 e. The number of aromatic nitrogens is 2. The fraction of sp³-hybridized carbons (Fsp3) is 0. The molecule has 210 valence electrons. The van der Waals surface area contributed by atoms with Crippen LogP contribution in [0.1, 0.15) is 0 Å². The van der Waals surface area contributed by atoms with Crippen molar-refractivity contribution in [1.82, 2.24) is 9.97 Å². The van der Waals surface area contributed by atoms with Crippen LogP contribution in [0, 0.1) is 0 Å². The molecule has 0 aliphatic heterocycles. The summed E-state index contributed by atoms with van der Waals surface area (Å²) in [5.41, 5.74) is 8.05. The third kappa shape index (κ3) is 5.42. The van der Waals surface area contributed by atoms with Gasteiger partial charge in [-0.15, -0.1) is 0 Å². The van der Waals surface area contributed by atoms with Crippen molar-refractivity contribution in [2.24, 2.45) is 0 Å². The molecule has 1 aromatic heterocycles. The van der Waals surface area contributed by atoms with E-state index < -0.39 is 7.14 Å². The predicted molar refractivity (Wildman–Crippen MR) is 183 cm³/mol. The molecule has 0 aliphatic rings. The van der Waals surface area contributed by atoms with Crippen LogP contribution in [-0.4, -0.2) is 9.97 Å². The van der Waals surface area contributed by atoms with E-state index in [0.29, 0.717) is 16.2 Å². The number of benzene rings is 6. The van der Waals surface area contributed by atoms with E-state index >= 15 is 4.57 Å². The Hall–Kier alpha value is -5.37. The van der Waals surface area contributed by atoms with Gasteiger partial charge < -0.3 is 4.57 Å². The summed E-state index contributed by atoms with van der Waals surface area (Å²) in [7, 11) is -3.43. The summed E-state index contributed by atoms with van der Waals surface area (Å²) in [5, 5.41) is 1.40. The van der Waals surface area contributed by atoms with E-state index in [1.54, 1.807) is 0 Å². The fourth-order valence-corrected chi connectivity index (χ4v) is 7.95. The van der Waals surface area contributed by atoms with Crippen molar-refractivity contribution in [3.05, 3.63) is 176 Å². The van der Waals surface area contributed by atoms with Gasteiger partial charge in [0.2, 0.25) is 7.14 Å². The number of nitrogens with zero attached hydrogens (tertiary/aromatic N) is 2. The molecule has 0 amide bonds. The molecule has 4 heteroatoms. The number of rotatable bonds is 7. The van der Waals surface area contributed by atoms with Gasteiger partial charge in [-0.3, -0.25) is 0 Å². The van der Waals surface area contributed by atoms with E-state index in [2.05, 4.69) is 60.7 Å². The lowest BCUT2D eigenvalue weighted by molar-refractivity contribution is 0.591. The van der Waals surface area contributed by atoms with Crippen LogP contribution in [-0.2, 0) is 4.57 Å². The maximum absolute atomic E-state index is 15.4. The third-order valence-corrected chi connectivity index (χ3v) is 10.6. The Morgan fingerprint density at radius 1 is 0.341 bits per heavy atom. The highest BCUT2D eigenvalue weighted by molar-refractivity contribution is 7.84. The van der Waals surface area contributed by atoms with Crippen molar-refractivity contribution >= 4 is 23.3 Å². The maximum atomic E-state index is 15.4. The molecule has 0 saturated carbocycles. The molecule has 0 saturated heterocycles. The molecule has 0 atom stereocenters. The third-order valence-electron chi connectivity index (χ3n) is 7.77. The van der Waals surface area contributed by atoms with Gasteiger partial charge in [-0.2, -0.15) is 0 Å². The molecule has 0 spiro atoms. The number of hydrogen-bond donors (Lipinski definition) is 0. The van der Waals surface area contributed by atoms with Crippen molar-refractivity contribution in [3.8, 4) is 44.8 Å². The second-order valence-corrected chi connectivity index (χ2v) is 13.3. The van der Waals surface area contributed by atoms with Crippen LogP contribution >= 0.6 is 7.14 Å². The lowest BCUT2D eigenvalue weighted by atomic mass is 9.99. The first kappa shape index (κ1) is 27.5. The standard InChI is InChI=1S/C40H29N2OP/c43-44(36-23-9-3-10-24-36,37-25-11-4-12-26-37)40-41-38(34-21-13-19-32(27-34)30-15-5-1-6-16-30)29-39(42-40)35-22-14-20-33(28-35)31-17-7-2-8-18-31/h1-29H. The average molecular weight is 585 g/mol. The second kappa shape index (κ2) is 12.1. The van der Waals surface area contributed by atoms with E-state index in [1.165, 1.54) is 0 Å². The molecule has 7 aromatic rings. The summed E-state index contributed by atoms with van der Waals surface area (Å²) < 4.78 is 15.4. The summed E-state index contributed by atoms with van der Waals surface area (Å²) in [6.45, 7) is 0. The SMILES string of the molecule is O=P(c1ccccc1)(c1ccccc1)c1nc(-c2cccc(-c3ccccc3)c2)cc(-c2cccc(-c3ccccc3)c2)n1. The van der Waals surface area contributed by atoms with Crippen molar-refractivity contribution in [3.63, 3.8) is 0 Å². The molecule has 44 heavy (non-hydrogen) atoms. The normalized spacial score (nSPS) is 11.3. The highest BCUT2D eigenvalue weighted by Gasteiger charge is 2.33. The molecule has 0 unspecified atom stereocenters. The lowest BCUT2D eigenvalue weighted by Gasteiger charge is -2.20. The Labute approximate surface area is 258 Å². The first-order valence-electron chi connectivity index (χ1n) is 14.6. The van der Waals surface area contributed by atoms with Crippen LogP contribution in [0.5, 0.6) is 0 Å². The quantitative estimate of drug-likeness (QED) is 0.176. The van der Waals surface area contributed by atoms with Crippen LogP contribution in [0.3, 0.4) is 0 Å². The second-order valence-electron chi connectivity index (χ2n) is 10.6. The van der Waals surface area contributed by atoms with E-state index in [9.17, 15) is 0 Å². The van der Waals surface area contributed by atoms with Gasteiger partial charge in [0.1, 0.15) is 0 Å². The van der Waals surface area contributed by atoms with E-state index in [1.807, 2.05) is 115 Å². The topological polar surface area (TPSA) is 42.9 Å². The van der Waals surface area contributed by atoms with Gasteiger partial charge in [-0.05, 0) is 40.5 Å². The van der Waals surface area contributed by atoms with Crippen LogP contribution in [0.4, 0.5) is 0 Å². The molecule has 3 nitrogen and oxygen atoms in total. The summed E-state index contributed by atoms with van der Waals surface area (Å²) in [6.07, 6.45) is 0. The van der Waals surface area contributed by atoms with Crippen molar-refractivity contribution in [2.75, 3.05) is 0 Å². The molecule has 0 N–H and O–H groups in total. The maximum Gasteiger partial charge on any atom is 0.206 e. The highest BCUT2D eigenvalue weighted by Crippen LogP contribution is 2.42. The monoisotopic (exact) mass is 584 g/mol. The van der Waals surface area contributed by atoms with Crippen LogP contribution in [0.2, 0.25) is 0 Å².